The summed E-state index contributed by atoms with van der Waals surface area (Å²) in [7, 11) is 0. The van der Waals surface area contributed by atoms with E-state index >= 15 is 0 Å². The molecule has 0 fully saturated rings. The SMILES string of the molecule is CCC(C)NC(C(N)=O)c1ccc(O)c(O)c1. The quantitative estimate of drug-likeness (QED) is 0.576. The van der Waals surface area contributed by atoms with Crippen LogP contribution in [0, 0.1) is 0 Å². The lowest BCUT2D eigenvalue weighted by molar-refractivity contribution is -0.120. The molecule has 0 aromatic heterocycles. The Balaban J connectivity index is 2.97. The number of carbonyl (C=O) groups excluding carboxylic acids is 1. The van der Waals surface area contributed by atoms with Crippen LogP contribution in [0.1, 0.15) is 31.9 Å². The second-order valence-corrected chi connectivity index (χ2v) is 4.06. The van der Waals surface area contributed by atoms with Gasteiger partial charge in [0.05, 0.1) is 0 Å². The van der Waals surface area contributed by atoms with Gasteiger partial charge in [0.2, 0.25) is 5.91 Å². The molecular formula is C12H18N2O3. The highest BCUT2D eigenvalue weighted by Gasteiger charge is 2.20. The van der Waals surface area contributed by atoms with Gasteiger partial charge < -0.3 is 15.9 Å². The van der Waals surface area contributed by atoms with E-state index in [9.17, 15) is 15.0 Å². The molecule has 1 amide bonds. The molecule has 2 atom stereocenters. The number of hydrogen-bond acceptors (Lipinski definition) is 4. The molecule has 5 N–H and O–H groups in total. The maximum Gasteiger partial charge on any atom is 0.239 e. The van der Waals surface area contributed by atoms with Crippen LogP contribution in [0.15, 0.2) is 18.2 Å². The molecular weight excluding hydrogens is 220 g/mol. The minimum absolute atomic E-state index is 0.128. The van der Waals surface area contributed by atoms with E-state index in [1.807, 2.05) is 13.8 Å². The molecule has 0 aliphatic rings. The van der Waals surface area contributed by atoms with Gasteiger partial charge in [0.25, 0.3) is 0 Å². The van der Waals surface area contributed by atoms with Gasteiger partial charge in [0.15, 0.2) is 11.5 Å². The summed E-state index contributed by atoms with van der Waals surface area (Å²) in [6.07, 6.45) is 0.855. The van der Waals surface area contributed by atoms with Crippen LogP contribution in [-0.4, -0.2) is 22.2 Å². The van der Waals surface area contributed by atoms with E-state index in [0.29, 0.717) is 5.56 Å². The van der Waals surface area contributed by atoms with Crippen molar-refractivity contribution in [2.75, 3.05) is 0 Å². The number of nitrogens with two attached hydrogens (primary N) is 1. The summed E-state index contributed by atoms with van der Waals surface area (Å²) >= 11 is 0. The number of phenolic OH excluding ortho intramolecular Hbond substituents is 2. The summed E-state index contributed by atoms with van der Waals surface area (Å²) in [5, 5.41) is 21.7. The average Bonchev–Trinajstić information content (AvgIpc) is 2.29. The average molecular weight is 238 g/mol. The molecule has 94 valence electrons. The van der Waals surface area contributed by atoms with E-state index in [4.69, 9.17) is 5.73 Å². The normalized spacial score (nSPS) is 14.2. The smallest absolute Gasteiger partial charge is 0.239 e. The van der Waals surface area contributed by atoms with E-state index in [0.717, 1.165) is 6.42 Å². The van der Waals surface area contributed by atoms with Crippen molar-refractivity contribution in [3.63, 3.8) is 0 Å². The maximum absolute atomic E-state index is 11.4. The van der Waals surface area contributed by atoms with E-state index in [-0.39, 0.29) is 17.5 Å². The van der Waals surface area contributed by atoms with Crippen molar-refractivity contribution in [3.8, 4) is 11.5 Å². The van der Waals surface area contributed by atoms with Gasteiger partial charge in [-0.3, -0.25) is 10.1 Å². The van der Waals surface area contributed by atoms with Crippen molar-refractivity contribution in [3.05, 3.63) is 23.8 Å². The van der Waals surface area contributed by atoms with Crippen molar-refractivity contribution in [2.45, 2.75) is 32.4 Å². The van der Waals surface area contributed by atoms with Gasteiger partial charge in [0, 0.05) is 6.04 Å². The first kappa shape index (κ1) is 13.3. The fraction of sp³-hybridized carbons (Fsp3) is 0.417. The molecule has 0 heterocycles. The summed E-state index contributed by atoms with van der Waals surface area (Å²) in [4.78, 5) is 11.4. The minimum atomic E-state index is -0.670. The van der Waals surface area contributed by atoms with Crippen LogP contribution in [0.5, 0.6) is 11.5 Å². The van der Waals surface area contributed by atoms with Crippen LogP contribution in [0.4, 0.5) is 0 Å². The van der Waals surface area contributed by atoms with E-state index in [1.54, 1.807) is 6.07 Å². The van der Waals surface area contributed by atoms with Gasteiger partial charge in [-0.1, -0.05) is 13.0 Å². The van der Waals surface area contributed by atoms with Gasteiger partial charge in [0.1, 0.15) is 6.04 Å². The lowest BCUT2D eigenvalue weighted by Crippen LogP contribution is -2.38. The zero-order chi connectivity index (χ0) is 13.0. The Labute approximate surface area is 100 Å². The highest BCUT2D eigenvalue weighted by atomic mass is 16.3. The first-order chi connectivity index (χ1) is 7.95. The second kappa shape index (κ2) is 5.54. The Morgan fingerprint density at radius 2 is 2.06 bits per heavy atom. The van der Waals surface area contributed by atoms with Gasteiger partial charge in [-0.25, -0.2) is 0 Å². The summed E-state index contributed by atoms with van der Waals surface area (Å²) in [6.45, 7) is 3.93. The monoisotopic (exact) mass is 238 g/mol. The number of primary amides is 1. The summed E-state index contributed by atoms with van der Waals surface area (Å²) in [5.74, 6) is -1.00. The number of aromatic hydroxyl groups is 2. The van der Waals surface area contributed by atoms with Gasteiger partial charge in [-0.2, -0.15) is 0 Å². The first-order valence-electron chi connectivity index (χ1n) is 5.53. The van der Waals surface area contributed by atoms with Crippen molar-refractivity contribution in [2.24, 2.45) is 5.73 Å². The summed E-state index contributed by atoms with van der Waals surface area (Å²) in [6, 6.07) is 3.68. The molecule has 1 rings (SSSR count). The molecule has 0 bridgehead atoms. The van der Waals surface area contributed by atoms with Crippen LogP contribution < -0.4 is 11.1 Å². The third-order valence-electron chi connectivity index (χ3n) is 2.68. The first-order valence-corrected chi connectivity index (χ1v) is 5.53. The Morgan fingerprint density at radius 1 is 1.41 bits per heavy atom. The highest BCUT2D eigenvalue weighted by molar-refractivity contribution is 5.81. The zero-order valence-corrected chi connectivity index (χ0v) is 9.97. The Hall–Kier alpha value is -1.75. The molecule has 0 saturated heterocycles. The van der Waals surface area contributed by atoms with Crippen LogP contribution in [0.25, 0.3) is 0 Å². The number of nitrogens with one attached hydrogen (secondary N) is 1. The standard InChI is InChI=1S/C12H18N2O3/c1-3-7(2)14-11(12(13)17)8-4-5-9(15)10(16)6-8/h4-7,11,14-16H,3H2,1-2H3,(H2,13,17). The second-order valence-electron chi connectivity index (χ2n) is 4.06. The maximum atomic E-state index is 11.4. The third kappa shape index (κ3) is 3.35. The number of hydrogen-bond donors (Lipinski definition) is 4. The molecule has 2 unspecified atom stereocenters. The fourth-order valence-corrected chi connectivity index (χ4v) is 1.47. The number of phenols is 2. The molecule has 0 aliphatic carbocycles. The lowest BCUT2D eigenvalue weighted by Gasteiger charge is -2.20. The highest BCUT2D eigenvalue weighted by Crippen LogP contribution is 2.28. The predicted molar refractivity (Wildman–Crippen MR) is 64.6 cm³/mol. The number of carbonyl (C=O) groups is 1. The van der Waals surface area contributed by atoms with Gasteiger partial charge in [-0.15, -0.1) is 0 Å². The van der Waals surface area contributed by atoms with Gasteiger partial charge >= 0.3 is 0 Å². The van der Waals surface area contributed by atoms with Crippen molar-refractivity contribution >= 4 is 5.91 Å². The fourth-order valence-electron chi connectivity index (χ4n) is 1.47. The largest absolute Gasteiger partial charge is 0.504 e. The molecule has 0 radical (unpaired) electrons. The Kier molecular flexibility index (Phi) is 4.34. The molecule has 5 nitrogen and oxygen atoms in total. The van der Waals surface area contributed by atoms with Crippen LogP contribution in [-0.2, 0) is 4.79 Å². The van der Waals surface area contributed by atoms with Crippen LogP contribution >= 0.6 is 0 Å². The number of amides is 1. The molecule has 5 heteroatoms. The topological polar surface area (TPSA) is 95.6 Å². The number of benzene rings is 1. The van der Waals surface area contributed by atoms with E-state index in [1.165, 1.54) is 12.1 Å². The number of rotatable bonds is 5. The Morgan fingerprint density at radius 3 is 2.53 bits per heavy atom. The zero-order valence-electron chi connectivity index (χ0n) is 9.97. The molecule has 0 saturated carbocycles. The third-order valence-corrected chi connectivity index (χ3v) is 2.68. The summed E-state index contributed by atoms with van der Waals surface area (Å²) < 4.78 is 0. The van der Waals surface area contributed by atoms with E-state index < -0.39 is 11.9 Å². The van der Waals surface area contributed by atoms with E-state index in [2.05, 4.69) is 5.32 Å². The van der Waals surface area contributed by atoms with Crippen LogP contribution in [0.2, 0.25) is 0 Å². The summed E-state index contributed by atoms with van der Waals surface area (Å²) in [5.41, 5.74) is 5.85. The minimum Gasteiger partial charge on any atom is -0.504 e. The molecule has 1 aromatic rings. The van der Waals surface area contributed by atoms with Crippen molar-refractivity contribution in [1.29, 1.82) is 0 Å². The van der Waals surface area contributed by atoms with Crippen molar-refractivity contribution < 1.29 is 15.0 Å². The Bertz CT molecular complexity index is 407. The lowest BCUT2D eigenvalue weighted by atomic mass is 10.0. The molecule has 0 aliphatic heterocycles. The molecule has 1 aromatic carbocycles. The van der Waals surface area contributed by atoms with Crippen molar-refractivity contribution in [1.82, 2.24) is 5.32 Å². The van der Waals surface area contributed by atoms with Crippen LogP contribution in [0.3, 0.4) is 0 Å². The van der Waals surface area contributed by atoms with Gasteiger partial charge in [-0.05, 0) is 31.0 Å². The molecule has 0 spiro atoms. The predicted octanol–water partition coefficient (Wildman–Crippen LogP) is 1.01. The molecule has 17 heavy (non-hydrogen) atoms.